The highest BCUT2D eigenvalue weighted by Gasteiger charge is 2.32. The maximum Gasteiger partial charge on any atom is 0.337 e. The molecule has 2 atom stereocenters. The zero-order valence-electron chi connectivity index (χ0n) is 20.9. The Balaban J connectivity index is 1.71. The lowest BCUT2D eigenvalue weighted by molar-refractivity contribution is -0.136. The number of esters is 1. The van der Waals surface area contributed by atoms with Gasteiger partial charge < -0.3 is 39.8 Å². The molecule has 1 heterocycles. The number of para-hydroxylation sites is 1. The summed E-state index contributed by atoms with van der Waals surface area (Å²) in [6.07, 6.45) is 0.154. The van der Waals surface area contributed by atoms with Crippen molar-refractivity contribution in [1.29, 1.82) is 0 Å². The second-order valence-corrected chi connectivity index (χ2v) is 7.81. The number of allylic oxidation sites excluding steroid dienone is 1. The lowest BCUT2D eigenvalue weighted by atomic mass is 9.95. The van der Waals surface area contributed by atoms with Gasteiger partial charge >= 0.3 is 12.0 Å². The topological polar surface area (TPSA) is 160 Å². The van der Waals surface area contributed by atoms with E-state index in [0.29, 0.717) is 40.7 Å². The summed E-state index contributed by atoms with van der Waals surface area (Å²) in [4.78, 5) is 24.4. The largest absolute Gasteiger partial charge is 0.504 e. The number of aliphatic hydroxyl groups excluding tert-OH is 1. The fourth-order valence-electron chi connectivity index (χ4n) is 3.62. The van der Waals surface area contributed by atoms with Crippen LogP contribution in [0.5, 0.6) is 23.0 Å². The first kappa shape index (κ1) is 27.1. The summed E-state index contributed by atoms with van der Waals surface area (Å²) >= 11 is 0. The Hall–Kier alpha value is -4.45. The number of carbonyl (C=O) groups excluding carboxylic acids is 2. The second kappa shape index (κ2) is 12.5. The number of phenolic OH excluding ortho intramolecular Hbond substituents is 1. The molecule has 37 heavy (non-hydrogen) atoms. The number of hydrogen-bond acceptors (Lipinski definition) is 10. The van der Waals surface area contributed by atoms with Gasteiger partial charge in [-0.1, -0.05) is 12.1 Å². The number of nitrogens with one attached hydrogen (secondary N) is 3. The van der Waals surface area contributed by atoms with Crippen molar-refractivity contribution < 1.29 is 38.7 Å². The van der Waals surface area contributed by atoms with Crippen LogP contribution in [0.1, 0.15) is 31.0 Å². The molecule has 0 spiro atoms. The Morgan fingerprint density at radius 1 is 1.19 bits per heavy atom. The van der Waals surface area contributed by atoms with E-state index < -0.39 is 24.3 Å². The van der Waals surface area contributed by atoms with Crippen LogP contribution in [-0.2, 0) is 9.53 Å². The Kier molecular flexibility index (Phi) is 9.16. The van der Waals surface area contributed by atoms with Gasteiger partial charge in [-0.15, -0.1) is 0 Å². The van der Waals surface area contributed by atoms with Gasteiger partial charge in [0, 0.05) is 11.3 Å². The molecule has 0 unspecified atom stereocenters. The normalized spacial score (nSPS) is 16.0. The number of amides is 2. The number of rotatable bonds is 11. The first-order chi connectivity index (χ1) is 17.8. The van der Waals surface area contributed by atoms with Crippen LogP contribution in [0.25, 0.3) is 0 Å². The number of hydrazone groups is 1. The Labute approximate surface area is 213 Å². The molecule has 0 saturated heterocycles. The predicted molar refractivity (Wildman–Crippen MR) is 134 cm³/mol. The van der Waals surface area contributed by atoms with E-state index in [4.69, 9.17) is 18.9 Å². The van der Waals surface area contributed by atoms with Crippen molar-refractivity contribution in [3.8, 4) is 23.0 Å². The molecule has 0 bridgehead atoms. The van der Waals surface area contributed by atoms with Crippen LogP contribution in [0.15, 0.2) is 52.8 Å². The van der Waals surface area contributed by atoms with E-state index in [-0.39, 0.29) is 17.9 Å². The lowest BCUT2D eigenvalue weighted by Crippen LogP contribution is -2.45. The molecular weight excluding hydrogens is 484 g/mol. The molecule has 0 radical (unpaired) electrons. The molecular formula is C25H30N4O8. The van der Waals surface area contributed by atoms with Crippen molar-refractivity contribution in [2.24, 2.45) is 5.10 Å². The van der Waals surface area contributed by atoms with Crippen molar-refractivity contribution in [3.05, 3.63) is 58.8 Å². The molecule has 12 heteroatoms. The lowest BCUT2D eigenvalue weighted by Gasteiger charge is -2.28. The van der Waals surface area contributed by atoms with Crippen molar-refractivity contribution in [1.82, 2.24) is 16.1 Å². The number of aliphatic hydroxyl groups is 1. The number of hydrogen-bond donors (Lipinski definition) is 5. The Bertz CT molecular complexity index is 1200. The van der Waals surface area contributed by atoms with E-state index in [1.165, 1.54) is 20.4 Å². The first-order valence-electron chi connectivity index (χ1n) is 11.4. The van der Waals surface area contributed by atoms with E-state index in [1.807, 2.05) is 0 Å². The highest BCUT2D eigenvalue weighted by molar-refractivity contribution is 5.95. The van der Waals surface area contributed by atoms with Gasteiger partial charge in [-0.05, 0) is 43.7 Å². The SMILES string of the molecule is CCOc1cc([C@@H]2NC(=O)NC(C)=C2C(=O)OC)ccc1OC[C@@H](O)N/N=C/c1cccc(OC)c1O. The molecule has 0 saturated carbocycles. The molecule has 0 aliphatic carbocycles. The average Bonchev–Trinajstić information content (AvgIpc) is 2.88. The minimum atomic E-state index is -1.18. The monoisotopic (exact) mass is 514 g/mol. The third kappa shape index (κ3) is 6.61. The minimum absolute atomic E-state index is 0.0759. The van der Waals surface area contributed by atoms with Gasteiger partial charge in [0.25, 0.3) is 0 Å². The van der Waals surface area contributed by atoms with Crippen LogP contribution in [0, 0.1) is 0 Å². The zero-order chi connectivity index (χ0) is 26.9. The predicted octanol–water partition coefficient (Wildman–Crippen LogP) is 1.92. The summed E-state index contributed by atoms with van der Waals surface area (Å²) in [5.41, 5.74) is 4.13. The number of nitrogens with zero attached hydrogens (tertiary/aromatic N) is 1. The van der Waals surface area contributed by atoms with Crippen molar-refractivity contribution in [2.45, 2.75) is 26.1 Å². The van der Waals surface area contributed by atoms with Crippen LogP contribution >= 0.6 is 0 Å². The molecule has 198 valence electrons. The van der Waals surface area contributed by atoms with Gasteiger partial charge in [0.15, 0.2) is 29.2 Å². The fourth-order valence-corrected chi connectivity index (χ4v) is 3.62. The molecule has 1 aliphatic rings. The Morgan fingerprint density at radius 3 is 2.68 bits per heavy atom. The summed E-state index contributed by atoms with van der Waals surface area (Å²) in [5, 5.41) is 29.5. The Morgan fingerprint density at radius 2 is 1.97 bits per heavy atom. The summed E-state index contributed by atoms with van der Waals surface area (Å²) < 4.78 is 21.3. The van der Waals surface area contributed by atoms with Gasteiger partial charge in [0.1, 0.15) is 6.61 Å². The third-order valence-corrected chi connectivity index (χ3v) is 5.35. The summed E-state index contributed by atoms with van der Waals surface area (Å²) in [6.45, 7) is 3.56. The maximum absolute atomic E-state index is 12.4. The van der Waals surface area contributed by atoms with Crippen molar-refractivity contribution in [2.75, 3.05) is 27.4 Å². The van der Waals surface area contributed by atoms with Gasteiger partial charge in [0.05, 0.1) is 38.7 Å². The molecule has 2 aromatic carbocycles. The quantitative estimate of drug-likeness (QED) is 0.131. The van der Waals surface area contributed by atoms with Gasteiger partial charge in [0.2, 0.25) is 0 Å². The number of benzene rings is 2. The number of methoxy groups -OCH3 is 2. The highest BCUT2D eigenvalue weighted by Crippen LogP contribution is 2.35. The molecule has 12 nitrogen and oxygen atoms in total. The number of urea groups is 1. The smallest absolute Gasteiger partial charge is 0.337 e. The molecule has 1 aliphatic heterocycles. The van der Waals surface area contributed by atoms with Gasteiger partial charge in [-0.25, -0.2) is 9.59 Å². The van der Waals surface area contributed by atoms with E-state index in [9.17, 15) is 19.8 Å². The number of carbonyl (C=O) groups is 2. The van der Waals surface area contributed by atoms with Crippen LogP contribution < -0.4 is 30.3 Å². The maximum atomic E-state index is 12.4. The van der Waals surface area contributed by atoms with Crippen LogP contribution in [0.2, 0.25) is 0 Å². The third-order valence-electron chi connectivity index (χ3n) is 5.35. The standard InChI is InChI=1S/C25H30N4O8/c1-5-36-19-11-15(22-21(24(32)35-4)14(2)27-25(33)28-22)9-10-17(19)37-13-20(30)29-26-12-16-7-6-8-18(34-3)23(16)31/h6-12,20,22,29-31H,5,13H2,1-4H3,(H2,27,28,33)/b26-12+/t20-,22+/m1/s1. The zero-order valence-corrected chi connectivity index (χ0v) is 20.9. The van der Waals surface area contributed by atoms with Crippen molar-refractivity contribution >= 4 is 18.2 Å². The number of phenols is 1. The molecule has 0 fully saturated rings. The molecule has 5 N–H and O–H groups in total. The van der Waals surface area contributed by atoms with E-state index >= 15 is 0 Å². The van der Waals surface area contributed by atoms with Gasteiger partial charge in [-0.3, -0.25) is 5.43 Å². The average molecular weight is 515 g/mol. The summed E-state index contributed by atoms with van der Waals surface area (Å²) in [5.74, 6) is 0.333. The molecule has 3 rings (SSSR count). The van der Waals surface area contributed by atoms with Crippen LogP contribution in [-0.4, -0.2) is 62.1 Å². The van der Waals surface area contributed by atoms with Crippen molar-refractivity contribution in [3.63, 3.8) is 0 Å². The second-order valence-electron chi connectivity index (χ2n) is 7.81. The fraction of sp³-hybridized carbons (Fsp3) is 0.320. The number of aromatic hydroxyl groups is 1. The van der Waals surface area contributed by atoms with E-state index in [0.717, 1.165) is 0 Å². The summed E-state index contributed by atoms with van der Waals surface area (Å²) in [7, 11) is 2.71. The van der Waals surface area contributed by atoms with E-state index in [2.05, 4.69) is 21.2 Å². The van der Waals surface area contributed by atoms with Crippen LogP contribution in [0.3, 0.4) is 0 Å². The minimum Gasteiger partial charge on any atom is -0.504 e. The summed E-state index contributed by atoms with van der Waals surface area (Å²) in [6, 6.07) is 8.66. The molecule has 2 amide bonds. The first-order valence-corrected chi connectivity index (χ1v) is 11.4. The molecule has 0 aromatic heterocycles. The molecule has 2 aromatic rings. The van der Waals surface area contributed by atoms with Gasteiger partial charge in [-0.2, -0.15) is 5.10 Å². The van der Waals surface area contributed by atoms with Crippen LogP contribution in [0.4, 0.5) is 4.79 Å². The highest BCUT2D eigenvalue weighted by atomic mass is 16.5. The number of ether oxygens (including phenoxy) is 4. The van der Waals surface area contributed by atoms with E-state index in [1.54, 1.807) is 50.2 Å².